The minimum absolute atomic E-state index is 0.334. The Labute approximate surface area is 116 Å². The van der Waals surface area contributed by atoms with Gasteiger partial charge >= 0.3 is 5.96 Å². The number of fused-ring (bicyclic) bond motifs is 3. The van der Waals surface area contributed by atoms with Crippen LogP contribution in [-0.2, 0) is 0 Å². The molecule has 3 saturated heterocycles. The largest absolute Gasteiger partial charge is 0.341 e. The zero-order chi connectivity index (χ0) is 13.8. The first kappa shape index (κ1) is 14.6. The molecule has 6 heteroatoms. The van der Waals surface area contributed by atoms with Crippen LogP contribution in [0.4, 0.5) is 0 Å². The van der Waals surface area contributed by atoms with Crippen LogP contribution in [0.2, 0.25) is 0 Å². The fraction of sp³-hybridized carbons (Fsp3) is 0.923. The van der Waals surface area contributed by atoms with Gasteiger partial charge in [0.05, 0.1) is 20.1 Å². The molecule has 0 saturated carbocycles. The van der Waals surface area contributed by atoms with Crippen molar-refractivity contribution in [2.75, 3.05) is 72.5 Å². The molecule has 2 bridgehead atoms. The normalized spacial score (nSPS) is 33.3. The van der Waals surface area contributed by atoms with Crippen LogP contribution in [0.25, 0.3) is 0 Å². The first-order chi connectivity index (χ1) is 9.04. The van der Waals surface area contributed by atoms with Crippen molar-refractivity contribution < 1.29 is 19.3 Å². The van der Waals surface area contributed by atoms with Crippen LogP contribution in [0.1, 0.15) is 6.42 Å². The van der Waals surface area contributed by atoms with Gasteiger partial charge < -0.3 is 14.3 Å². The molecule has 0 aromatic rings. The van der Waals surface area contributed by atoms with E-state index in [4.69, 9.17) is 11.5 Å². The number of quaternary nitrogens is 3. The number of likely N-dealkylation sites (N-methyl/N-ethyl adjacent to an activating group) is 1. The van der Waals surface area contributed by atoms with Gasteiger partial charge in [0.1, 0.15) is 52.4 Å². The summed E-state index contributed by atoms with van der Waals surface area (Å²) in [6.45, 7) is 13.0. The number of hydrogen-bond acceptors (Lipinski definition) is 0. The number of rotatable bonds is 7. The van der Waals surface area contributed by atoms with Gasteiger partial charge in [-0.25, -0.2) is 0 Å². The Hall–Kier alpha value is -0.850. The van der Waals surface area contributed by atoms with E-state index in [1.54, 1.807) is 0 Å². The molecule has 0 spiro atoms. The van der Waals surface area contributed by atoms with Crippen LogP contribution < -0.4 is 21.8 Å². The third kappa shape index (κ3) is 4.06. The highest BCUT2D eigenvalue weighted by molar-refractivity contribution is 5.69. The second kappa shape index (κ2) is 6.07. The predicted octanol–water partition coefficient (Wildman–Crippen LogP) is -4.42. The fourth-order valence-electron chi connectivity index (χ4n) is 3.36. The molecular weight excluding hydrogens is 240 g/mol. The monoisotopic (exact) mass is 272 g/mol. The molecule has 0 atom stereocenters. The summed E-state index contributed by atoms with van der Waals surface area (Å²) in [5, 5.41) is 2.44. The zero-order valence-corrected chi connectivity index (χ0v) is 12.4. The smallest absolute Gasteiger partial charge is 0.338 e. The molecule has 0 aromatic heterocycles. The number of nitrogens with one attached hydrogen (secondary N) is 1. The number of piperazine rings is 3. The molecule has 3 aliphatic heterocycles. The van der Waals surface area contributed by atoms with Gasteiger partial charge in [0, 0.05) is 6.42 Å². The Balaban J connectivity index is 1.58. The highest BCUT2D eigenvalue weighted by Gasteiger charge is 2.46. The quantitative estimate of drug-likeness (QED) is 0.163. The fourth-order valence-corrected chi connectivity index (χ4v) is 3.36. The molecular formula is C13H32N6+4. The first-order valence-corrected chi connectivity index (χ1v) is 7.66. The van der Waals surface area contributed by atoms with Crippen molar-refractivity contribution in [3.8, 4) is 0 Å². The first-order valence-electron chi connectivity index (χ1n) is 7.66. The SMILES string of the molecule is C[N+]12CC[N+](CC[NH2+]CCC[NH+]=C(N)N)(CC1)CC2. The molecule has 3 heterocycles. The zero-order valence-electron chi connectivity index (χ0n) is 12.4. The maximum Gasteiger partial charge on any atom is 0.338 e. The molecule has 3 aliphatic rings. The predicted molar refractivity (Wildman–Crippen MR) is 76.0 cm³/mol. The van der Waals surface area contributed by atoms with Gasteiger partial charge in [-0.15, -0.1) is 0 Å². The Morgan fingerprint density at radius 3 is 2.26 bits per heavy atom. The van der Waals surface area contributed by atoms with Gasteiger partial charge in [-0.3, -0.25) is 16.5 Å². The summed E-state index contributed by atoms with van der Waals surface area (Å²) in [7, 11) is 2.42. The average Bonchev–Trinajstić information content (AvgIpc) is 2.39. The van der Waals surface area contributed by atoms with Crippen LogP contribution in [0.3, 0.4) is 0 Å². The molecule has 0 aromatic carbocycles. The molecule has 0 unspecified atom stereocenters. The summed E-state index contributed by atoms with van der Waals surface area (Å²) < 4.78 is 2.71. The maximum absolute atomic E-state index is 5.35. The highest BCUT2D eigenvalue weighted by Crippen LogP contribution is 2.23. The number of guanidine groups is 1. The summed E-state index contributed by atoms with van der Waals surface area (Å²) in [6.07, 6.45) is 1.12. The lowest BCUT2D eigenvalue weighted by Gasteiger charge is -2.53. The summed E-state index contributed by atoms with van der Waals surface area (Å²) in [4.78, 5) is 2.96. The Bertz CT molecular complexity index is 299. The van der Waals surface area contributed by atoms with Gasteiger partial charge in [0.2, 0.25) is 0 Å². The molecule has 0 aliphatic carbocycles. The average molecular weight is 272 g/mol. The van der Waals surface area contributed by atoms with Crippen molar-refractivity contribution in [2.24, 2.45) is 11.5 Å². The van der Waals surface area contributed by atoms with Gasteiger partial charge in [-0.1, -0.05) is 0 Å². The minimum Gasteiger partial charge on any atom is -0.341 e. The van der Waals surface area contributed by atoms with E-state index in [9.17, 15) is 0 Å². The maximum atomic E-state index is 5.35. The number of nitrogens with two attached hydrogens (primary N) is 3. The standard InChI is InChI=1S/C13H30N6/c1-18-7-10-19(11-8-18,12-9-18)6-5-16-3-2-4-17-13(14)15/h16H,2-12H2,1H3,(H4,14,15,17)/q+2/p+2. The summed E-state index contributed by atoms with van der Waals surface area (Å²) in [5.41, 5.74) is 10.7. The van der Waals surface area contributed by atoms with Crippen molar-refractivity contribution in [3.05, 3.63) is 0 Å². The van der Waals surface area contributed by atoms with Crippen molar-refractivity contribution in [3.63, 3.8) is 0 Å². The molecule has 110 valence electrons. The molecule has 0 radical (unpaired) electrons. The molecule has 19 heavy (non-hydrogen) atoms. The second-order valence-electron chi connectivity index (χ2n) is 6.63. The van der Waals surface area contributed by atoms with Crippen LogP contribution in [0.5, 0.6) is 0 Å². The lowest BCUT2D eigenvalue weighted by molar-refractivity contribution is -1.08. The van der Waals surface area contributed by atoms with Gasteiger partial charge in [-0.05, 0) is 0 Å². The summed E-state index contributed by atoms with van der Waals surface area (Å²) in [5.74, 6) is 0.334. The summed E-state index contributed by atoms with van der Waals surface area (Å²) in [6, 6.07) is 0. The van der Waals surface area contributed by atoms with E-state index >= 15 is 0 Å². The molecule has 6 nitrogen and oxygen atoms in total. The second-order valence-corrected chi connectivity index (χ2v) is 6.63. The van der Waals surface area contributed by atoms with Crippen LogP contribution >= 0.6 is 0 Å². The van der Waals surface area contributed by atoms with Gasteiger partial charge in [-0.2, -0.15) is 0 Å². The van der Waals surface area contributed by atoms with E-state index in [1.807, 2.05) is 0 Å². The lowest BCUT2D eigenvalue weighted by Crippen LogP contribution is -2.88. The van der Waals surface area contributed by atoms with Crippen molar-refractivity contribution in [1.29, 1.82) is 0 Å². The minimum atomic E-state index is 0.334. The third-order valence-electron chi connectivity index (χ3n) is 5.06. The Kier molecular flexibility index (Phi) is 4.65. The van der Waals surface area contributed by atoms with Gasteiger partial charge in [0.25, 0.3) is 0 Å². The third-order valence-corrected chi connectivity index (χ3v) is 5.06. The Morgan fingerprint density at radius 2 is 1.68 bits per heavy atom. The van der Waals surface area contributed by atoms with Crippen LogP contribution in [0, 0.1) is 0 Å². The van der Waals surface area contributed by atoms with Crippen molar-refractivity contribution in [2.45, 2.75) is 6.42 Å². The van der Waals surface area contributed by atoms with E-state index in [0.29, 0.717) is 5.96 Å². The van der Waals surface area contributed by atoms with Gasteiger partial charge in [0.15, 0.2) is 0 Å². The van der Waals surface area contributed by atoms with E-state index in [0.717, 1.165) is 19.5 Å². The highest BCUT2D eigenvalue weighted by atomic mass is 15.5. The van der Waals surface area contributed by atoms with Crippen LogP contribution in [0.15, 0.2) is 0 Å². The molecule has 3 fully saturated rings. The van der Waals surface area contributed by atoms with Crippen LogP contribution in [-0.4, -0.2) is 87.4 Å². The Morgan fingerprint density at radius 1 is 1.05 bits per heavy atom. The number of nitrogens with zero attached hydrogens (tertiary/aromatic N) is 2. The van der Waals surface area contributed by atoms with E-state index in [1.165, 1.54) is 61.3 Å². The van der Waals surface area contributed by atoms with E-state index in [-0.39, 0.29) is 0 Å². The number of hydrogen-bond donors (Lipinski definition) is 4. The van der Waals surface area contributed by atoms with Crippen molar-refractivity contribution >= 4 is 5.96 Å². The molecule has 3 rings (SSSR count). The van der Waals surface area contributed by atoms with E-state index in [2.05, 4.69) is 17.4 Å². The lowest BCUT2D eigenvalue weighted by atomic mass is 10.1. The van der Waals surface area contributed by atoms with E-state index < -0.39 is 0 Å². The summed E-state index contributed by atoms with van der Waals surface area (Å²) >= 11 is 0. The molecule has 0 amide bonds. The molecule has 7 N–H and O–H groups in total. The topological polar surface area (TPSA) is 82.6 Å². The van der Waals surface area contributed by atoms with Crippen molar-refractivity contribution in [1.82, 2.24) is 0 Å².